The van der Waals surface area contributed by atoms with Gasteiger partial charge in [0, 0.05) is 12.1 Å². The molecular formula is C21H19N5O. The van der Waals surface area contributed by atoms with Crippen LogP contribution in [0.2, 0.25) is 0 Å². The number of fused-ring (bicyclic) bond motifs is 1. The van der Waals surface area contributed by atoms with Crippen molar-refractivity contribution < 1.29 is 4.79 Å². The van der Waals surface area contributed by atoms with Gasteiger partial charge in [0.25, 0.3) is 0 Å². The lowest BCUT2D eigenvalue weighted by atomic mass is 10.1. The van der Waals surface area contributed by atoms with Crippen LogP contribution in [0.1, 0.15) is 0 Å². The number of imidazole rings is 2. The third-order valence-electron chi connectivity index (χ3n) is 4.39. The zero-order chi connectivity index (χ0) is 18.8. The Balaban J connectivity index is 2.01. The van der Waals surface area contributed by atoms with Crippen LogP contribution in [0.5, 0.6) is 0 Å². The van der Waals surface area contributed by atoms with Crippen molar-refractivity contribution in [1.29, 1.82) is 0 Å². The van der Waals surface area contributed by atoms with Crippen molar-refractivity contribution >= 4 is 16.9 Å². The number of benzene rings is 2. The second kappa shape index (κ2) is 6.92. The van der Waals surface area contributed by atoms with Gasteiger partial charge in [0.1, 0.15) is 12.2 Å². The van der Waals surface area contributed by atoms with E-state index in [9.17, 15) is 4.79 Å². The number of carbonyl (C=O) groups is 1. The monoisotopic (exact) mass is 357 g/mol. The van der Waals surface area contributed by atoms with Crippen molar-refractivity contribution in [2.24, 2.45) is 5.73 Å². The molecule has 0 radical (unpaired) electrons. The summed E-state index contributed by atoms with van der Waals surface area (Å²) in [5, 5.41) is 0. The number of amides is 1. The van der Waals surface area contributed by atoms with Crippen LogP contribution < -0.4 is 5.73 Å². The third-order valence-corrected chi connectivity index (χ3v) is 4.39. The molecule has 4 aromatic rings. The van der Waals surface area contributed by atoms with E-state index in [1.165, 1.54) is 0 Å². The summed E-state index contributed by atoms with van der Waals surface area (Å²) in [7, 11) is 0. The molecule has 0 atom stereocenters. The quantitative estimate of drug-likeness (QED) is 0.538. The Hall–Kier alpha value is -3.67. The minimum atomic E-state index is -0.431. The summed E-state index contributed by atoms with van der Waals surface area (Å²) in [6.07, 6.45) is 3.47. The van der Waals surface area contributed by atoms with Gasteiger partial charge in [0.05, 0.1) is 23.1 Å². The van der Waals surface area contributed by atoms with Gasteiger partial charge in [-0.15, -0.1) is 6.58 Å². The van der Waals surface area contributed by atoms with E-state index in [2.05, 4.69) is 16.1 Å². The van der Waals surface area contributed by atoms with Gasteiger partial charge in [0.15, 0.2) is 5.82 Å². The van der Waals surface area contributed by atoms with Gasteiger partial charge < -0.3 is 14.9 Å². The molecule has 0 aliphatic carbocycles. The van der Waals surface area contributed by atoms with E-state index >= 15 is 0 Å². The zero-order valence-electron chi connectivity index (χ0n) is 14.7. The Bertz CT molecular complexity index is 1120. The summed E-state index contributed by atoms with van der Waals surface area (Å²) in [4.78, 5) is 21.0. The fourth-order valence-electron chi connectivity index (χ4n) is 3.28. The molecule has 2 N–H and O–H groups in total. The maximum atomic E-state index is 11.6. The molecule has 0 fully saturated rings. The molecule has 0 unspecified atom stereocenters. The summed E-state index contributed by atoms with van der Waals surface area (Å²) in [6.45, 7) is 4.49. The molecule has 4 rings (SSSR count). The summed E-state index contributed by atoms with van der Waals surface area (Å²) in [5.41, 5.74) is 9.81. The molecule has 2 aromatic heterocycles. The Morgan fingerprint density at radius 2 is 1.85 bits per heavy atom. The Morgan fingerprint density at radius 1 is 1.11 bits per heavy atom. The second-order valence-electron chi connectivity index (χ2n) is 6.23. The molecule has 6 nitrogen and oxygen atoms in total. The fraction of sp³-hybridized carbons (Fsp3) is 0.0952. The molecule has 27 heavy (non-hydrogen) atoms. The van der Waals surface area contributed by atoms with Crippen LogP contribution >= 0.6 is 0 Å². The molecule has 0 spiro atoms. The molecule has 0 bridgehead atoms. The van der Waals surface area contributed by atoms with Crippen molar-refractivity contribution in [3.8, 4) is 22.8 Å². The van der Waals surface area contributed by atoms with E-state index in [-0.39, 0.29) is 6.54 Å². The van der Waals surface area contributed by atoms with E-state index in [1.54, 1.807) is 10.9 Å². The van der Waals surface area contributed by atoms with Crippen molar-refractivity contribution in [2.45, 2.75) is 13.1 Å². The molecule has 2 aromatic carbocycles. The minimum absolute atomic E-state index is 0.0342. The summed E-state index contributed by atoms with van der Waals surface area (Å²) < 4.78 is 3.83. The maximum Gasteiger partial charge on any atom is 0.237 e. The second-order valence-corrected chi connectivity index (χ2v) is 6.23. The Labute approximate surface area is 156 Å². The van der Waals surface area contributed by atoms with Crippen molar-refractivity contribution in [3.63, 3.8) is 0 Å². The topological polar surface area (TPSA) is 78.7 Å². The number of hydrogen-bond acceptors (Lipinski definition) is 3. The smallest absolute Gasteiger partial charge is 0.237 e. The van der Waals surface area contributed by atoms with E-state index in [1.807, 2.05) is 60.7 Å². The maximum absolute atomic E-state index is 11.6. The predicted molar refractivity (Wildman–Crippen MR) is 106 cm³/mol. The van der Waals surface area contributed by atoms with Gasteiger partial charge in [-0.1, -0.05) is 48.5 Å². The van der Waals surface area contributed by atoms with Crippen molar-refractivity contribution in [3.05, 3.63) is 73.6 Å². The number of carbonyl (C=O) groups excluding carboxylic acids is 1. The third kappa shape index (κ3) is 3.01. The number of allylic oxidation sites excluding steroid dienone is 1. The molecule has 0 saturated carbocycles. The number of nitrogens with zero attached hydrogens (tertiary/aromatic N) is 4. The first-order valence-corrected chi connectivity index (χ1v) is 8.64. The van der Waals surface area contributed by atoms with E-state index < -0.39 is 5.91 Å². The highest BCUT2D eigenvalue weighted by Crippen LogP contribution is 2.33. The van der Waals surface area contributed by atoms with Crippen LogP contribution in [-0.4, -0.2) is 25.0 Å². The first kappa shape index (κ1) is 16.8. The van der Waals surface area contributed by atoms with Crippen LogP contribution in [0.25, 0.3) is 33.8 Å². The lowest BCUT2D eigenvalue weighted by molar-refractivity contribution is -0.118. The van der Waals surface area contributed by atoms with Gasteiger partial charge in [0.2, 0.25) is 5.91 Å². The highest BCUT2D eigenvalue weighted by Gasteiger charge is 2.22. The number of rotatable bonds is 6. The van der Waals surface area contributed by atoms with E-state index in [0.717, 1.165) is 33.8 Å². The molecule has 6 heteroatoms. The van der Waals surface area contributed by atoms with Crippen molar-refractivity contribution in [2.75, 3.05) is 0 Å². The van der Waals surface area contributed by atoms with E-state index in [4.69, 9.17) is 10.7 Å². The van der Waals surface area contributed by atoms with Crippen LogP contribution in [0.15, 0.2) is 73.6 Å². The Kier molecular flexibility index (Phi) is 4.30. The number of primary amides is 1. The fourth-order valence-corrected chi connectivity index (χ4v) is 3.28. The molecule has 1 amide bonds. The normalized spacial score (nSPS) is 11.0. The largest absolute Gasteiger partial charge is 0.368 e. The lowest BCUT2D eigenvalue weighted by Crippen LogP contribution is -2.19. The SMILES string of the molecule is C=CCn1c(-c2c(-c3ccccc3)ncn2CC(N)=O)nc2ccccc21. The molecule has 0 aliphatic heterocycles. The number of hydrogen-bond donors (Lipinski definition) is 1. The van der Waals surface area contributed by atoms with Gasteiger partial charge in [-0.05, 0) is 12.1 Å². The summed E-state index contributed by atoms with van der Waals surface area (Å²) >= 11 is 0. The number of aromatic nitrogens is 4. The highest BCUT2D eigenvalue weighted by molar-refractivity contribution is 5.85. The van der Waals surface area contributed by atoms with Gasteiger partial charge >= 0.3 is 0 Å². The zero-order valence-corrected chi connectivity index (χ0v) is 14.7. The summed E-state index contributed by atoms with van der Waals surface area (Å²) in [5.74, 6) is 0.299. The Morgan fingerprint density at radius 3 is 2.59 bits per heavy atom. The number of nitrogens with two attached hydrogens (primary N) is 1. The number of para-hydroxylation sites is 2. The first-order valence-electron chi connectivity index (χ1n) is 8.64. The van der Waals surface area contributed by atoms with Crippen molar-refractivity contribution in [1.82, 2.24) is 19.1 Å². The highest BCUT2D eigenvalue weighted by atomic mass is 16.1. The minimum Gasteiger partial charge on any atom is -0.368 e. The van der Waals surface area contributed by atoms with Crippen LogP contribution in [0.4, 0.5) is 0 Å². The van der Waals surface area contributed by atoms with Gasteiger partial charge in [-0.25, -0.2) is 9.97 Å². The van der Waals surface area contributed by atoms with Gasteiger partial charge in [-0.2, -0.15) is 0 Å². The van der Waals surface area contributed by atoms with Gasteiger partial charge in [-0.3, -0.25) is 4.79 Å². The first-order chi connectivity index (χ1) is 13.2. The van der Waals surface area contributed by atoms with Crippen LogP contribution in [0, 0.1) is 0 Å². The molecule has 0 aliphatic rings. The molecule has 2 heterocycles. The average molecular weight is 357 g/mol. The van der Waals surface area contributed by atoms with Crippen LogP contribution in [0.3, 0.4) is 0 Å². The predicted octanol–water partition coefficient (Wildman–Crippen LogP) is 3.24. The molecular weight excluding hydrogens is 338 g/mol. The molecule has 134 valence electrons. The van der Waals surface area contributed by atoms with Crippen LogP contribution in [-0.2, 0) is 17.9 Å². The summed E-state index contributed by atoms with van der Waals surface area (Å²) in [6, 6.07) is 17.8. The average Bonchev–Trinajstić information content (AvgIpc) is 3.24. The standard InChI is InChI=1S/C21H19N5O/c1-2-12-26-17-11-7-6-10-16(17)24-21(26)20-19(15-8-4-3-5-9-15)23-14-25(20)13-18(22)27/h2-11,14H,1,12-13H2,(H2,22,27). The molecule has 0 saturated heterocycles. The van der Waals surface area contributed by atoms with E-state index in [0.29, 0.717) is 6.54 Å². The lowest BCUT2D eigenvalue weighted by Gasteiger charge is -2.11.